The number of ketones is 1. The van der Waals surface area contributed by atoms with Gasteiger partial charge in [-0.3, -0.25) is 9.59 Å². The Morgan fingerprint density at radius 1 is 1.14 bits per heavy atom. The third kappa shape index (κ3) is 7.20. The fraction of sp³-hybridized carbons (Fsp3) is 0.556. The van der Waals surface area contributed by atoms with Crippen LogP contribution in [0.5, 0.6) is 0 Å². The SMILES string of the molecule is CC(C)[C@H](CC(=O)[C@@H](N)c1ccc(Cl)cc1)[C@@H](O)C(F)(F)C(=O)NCC(F)(F)F. The molecule has 1 aromatic carbocycles. The van der Waals surface area contributed by atoms with Crippen LogP contribution in [-0.4, -0.2) is 41.5 Å². The molecule has 0 radical (unpaired) electrons. The van der Waals surface area contributed by atoms with Crippen LogP contribution in [-0.2, 0) is 9.59 Å². The molecule has 0 saturated carbocycles. The highest BCUT2D eigenvalue weighted by Crippen LogP contribution is 2.33. The lowest BCUT2D eigenvalue weighted by atomic mass is 9.81. The lowest BCUT2D eigenvalue weighted by Gasteiger charge is -2.31. The van der Waals surface area contributed by atoms with Crippen molar-refractivity contribution in [1.29, 1.82) is 0 Å². The molecule has 0 spiro atoms. The Labute approximate surface area is 169 Å². The number of hydrogen-bond donors (Lipinski definition) is 3. The van der Waals surface area contributed by atoms with E-state index in [-0.39, 0.29) is 0 Å². The number of carbonyl (C=O) groups excluding carboxylic acids is 2. The Morgan fingerprint density at radius 3 is 2.10 bits per heavy atom. The summed E-state index contributed by atoms with van der Waals surface area (Å²) >= 11 is 5.75. The molecule has 5 nitrogen and oxygen atoms in total. The second-order valence-corrected chi connectivity index (χ2v) is 7.41. The molecule has 0 fully saturated rings. The number of nitrogens with two attached hydrogens (primary N) is 1. The summed E-state index contributed by atoms with van der Waals surface area (Å²) in [7, 11) is 0. The Kier molecular flexibility index (Phi) is 8.55. The number of nitrogens with one attached hydrogen (secondary N) is 1. The summed E-state index contributed by atoms with van der Waals surface area (Å²) in [6, 6.07) is 4.74. The summed E-state index contributed by atoms with van der Waals surface area (Å²) in [6.07, 6.45) is -8.18. The number of alkyl halides is 5. The van der Waals surface area contributed by atoms with Crippen molar-refractivity contribution in [2.24, 2.45) is 17.6 Å². The fourth-order valence-electron chi connectivity index (χ4n) is 2.63. The maximum Gasteiger partial charge on any atom is 0.405 e. The van der Waals surface area contributed by atoms with Gasteiger partial charge in [-0.25, -0.2) is 0 Å². The number of aliphatic hydroxyl groups is 1. The van der Waals surface area contributed by atoms with Crippen LogP contribution in [0.3, 0.4) is 0 Å². The van der Waals surface area contributed by atoms with Crippen LogP contribution >= 0.6 is 11.6 Å². The van der Waals surface area contributed by atoms with Gasteiger partial charge in [-0.2, -0.15) is 22.0 Å². The zero-order valence-corrected chi connectivity index (χ0v) is 16.4. The van der Waals surface area contributed by atoms with Crippen molar-refractivity contribution in [3.8, 4) is 0 Å². The summed E-state index contributed by atoms with van der Waals surface area (Å²) in [6.45, 7) is 0.887. The number of carbonyl (C=O) groups is 2. The van der Waals surface area contributed by atoms with Crippen LogP contribution in [0.25, 0.3) is 0 Å². The zero-order chi connectivity index (χ0) is 22.6. The topological polar surface area (TPSA) is 92.4 Å². The molecule has 29 heavy (non-hydrogen) atoms. The van der Waals surface area contributed by atoms with E-state index < -0.39 is 60.7 Å². The highest BCUT2D eigenvalue weighted by Gasteiger charge is 2.51. The predicted molar refractivity (Wildman–Crippen MR) is 96.4 cm³/mol. The van der Waals surface area contributed by atoms with Crippen LogP contribution in [0.2, 0.25) is 5.02 Å². The van der Waals surface area contributed by atoms with Gasteiger partial charge in [0.05, 0.1) is 6.04 Å². The molecule has 1 amide bonds. The van der Waals surface area contributed by atoms with Gasteiger partial charge in [0, 0.05) is 17.4 Å². The number of amides is 1. The first-order valence-corrected chi connectivity index (χ1v) is 8.99. The van der Waals surface area contributed by atoms with Crippen molar-refractivity contribution < 1.29 is 36.6 Å². The van der Waals surface area contributed by atoms with Crippen molar-refractivity contribution in [3.05, 3.63) is 34.9 Å². The average molecular weight is 445 g/mol. The van der Waals surface area contributed by atoms with Crippen LogP contribution in [0.1, 0.15) is 31.9 Å². The van der Waals surface area contributed by atoms with E-state index in [9.17, 15) is 36.6 Å². The number of rotatable bonds is 9. The number of hydrogen-bond acceptors (Lipinski definition) is 4. The van der Waals surface area contributed by atoms with E-state index in [0.717, 1.165) is 5.32 Å². The van der Waals surface area contributed by atoms with E-state index in [1.165, 1.54) is 38.1 Å². The van der Waals surface area contributed by atoms with Crippen molar-refractivity contribution in [3.63, 3.8) is 0 Å². The quantitative estimate of drug-likeness (QED) is 0.510. The molecular formula is C18H22ClF5N2O3. The molecule has 1 aromatic rings. The maximum atomic E-state index is 14.2. The van der Waals surface area contributed by atoms with E-state index in [1.54, 1.807) is 0 Å². The Balaban J connectivity index is 2.93. The van der Waals surface area contributed by atoms with Crippen LogP contribution in [0.4, 0.5) is 22.0 Å². The number of benzene rings is 1. The van der Waals surface area contributed by atoms with Crippen LogP contribution in [0.15, 0.2) is 24.3 Å². The Hall–Kier alpha value is -1.78. The smallest absolute Gasteiger partial charge is 0.386 e. The van der Waals surface area contributed by atoms with Gasteiger partial charge in [0.15, 0.2) is 5.78 Å². The third-order valence-electron chi connectivity index (χ3n) is 4.40. The molecule has 0 saturated heterocycles. The van der Waals surface area contributed by atoms with E-state index in [4.69, 9.17) is 17.3 Å². The summed E-state index contributed by atoms with van der Waals surface area (Å²) in [5.74, 6) is -9.62. The molecule has 0 unspecified atom stereocenters. The van der Waals surface area contributed by atoms with Gasteiger partial charge < -0.3 is 16.2 Å². The maximum absolute atomic E-state index is 14.2. The average Bonchev–Trinajstić information content (AvgIpc) is 2.62. The zero-order valence-electron chi connectivity index (χ0n) is 15.6. The molecule has 0 bridgehead atoms. The number of halogens is 6. The minimum atomic E-state index is -4.89. The second-order valence-electron chi connectivity index (χ2n) is 6.97. The molecule has 1 rings (SSSR count). The Bertz CT molecular complexity index is 710. The first kappa shape index (κ1) is 25.3. The predicted octanol–water partition coefficient (Wildman–Crippen LogP) is 3.25. The summed E-state index contributed by atoms with van der Waals surface area (Å²) in [5.41, 5.74) is 6.20. The molecular weight excluding hydrogens is 423 g/mol. The van der Waals surface area contributed by atoms with E-state index in [1.807, 2.05) is 0 Å². The standard InChI is InChI=1S/C18H22ClF5N2O3/c1-9(2)12(7-13(27)14(25)10-3-5-11(19)6-4-10)15(28)18(23,24)16(29)26-8-17(20,21)22/h3-6,9,12,14-15,28H,7-8,25H2,1-2H3,(H,26,29)/t12-,14-,15+/m0/s1. The molecule has 164 valence electrons. The molecule has 0 heterocycles. The molecule has 0 aromatic heterocycles. The van der Waals surface area contributed by atoms with Crippen LogP contribution < -0.4 is 11.1 Å². The molecule has 11 heteroatoms. The molecule has 3 atom stereocenters. The molecule has 4 N–H and O–H groups in total. The lowest BCUT2D eigenvalue weighted by Crippen LogP contribution is -2.54. The minimum absolute atomic E-state index is 0.367. The Morgan fingerprint density at radius 2 is 1.66 bits per heavy atom. The van der Waals surface area contributed by atoms with Gasteiger partial charge in [0.25, 0.3) is 5.91 Å². The first-order valence-electron chi connectivity index (χ1n) is 8.61. The highest BCUT2D eigenvalue weighted by molar-refractivity contribution is 6.30. The van der Waals surface area contributed by atoms with Crippen molar-refractivity contribution >= 4 is 23.3 Å². The van der Waals surface area contributed by atoms with Gasteiger partial charge in [-0.05, 0) is 23.6 Å². The van der Waals surface area contributed by atoms with Crippen molar-refractivity contribution in [2.45, 2.75) is 44.5 Å². The fourth-order valence-corrected chi connectivity index (χ4v) is 2.75. The largest absolute Gasteiger partial charge is 0.405 e. The number of aliphatic hydroxyl groups excluding tert-OH is 1. The van der Waals surface area contributed by atoms with Crippen LogP contribution in [0, 0.1) is 11.8 Å². The summed E-state index contributed by atoms with van der Waals surface area (Å²) in [5, 5.41) is 11.5. The lowest BCUT2D eigenvalue weighted by molar-refractivity contribution is -0.178. The van der Waals surface area contributed by atoms with Gasteiger partial charge in [0.1, 0.15) is 12.6 Å². The van der Waals surface area contributed by atoms with Gasteiger partial charge in [-0.1, -0.05) is 37.6 Å². The van der Waals surface area contributed by atoms with E-state index in [0.29, 0.717) is 10.6 Å². The molecule has 0 aliphatic carbocycles. The minimum Gasteiger partial charge on any atom is -0.386 e. The molecule has 0 aliphatic heterocycles. The summed E-state index contributed by atoms with van der Waals surface area (Å²) in [4.78, 5) is 23.9. The third-order valence-corrected chi connectivity index (χ3v) is 4.65. The summed E-state index contributed by atoms with van der Waals surface area (Å²) < 4.78 is 64.9. The monoisotopic (exact) mass is 444 g/mol. The number of Topliss-reactive ketones (excluding diaryl/α,β-unsaturated/α-hetero) is 1. The van der Waals surface area contributed by atoms with E-state index >= 15 is 0 Å². The second kappa shape index (κ2) is 9.82. The van der Waals surface area contributed by atoms with E-state index in [2.05, 4.69) is 0 Å². The van der Waals surface area contributed by atoms with Crippen molar-refractivity contribution in [2.75, 3.05) is 6.54 Å². The first-order chi connectivity index (χ1) is 13.2. The normalized spacial score (nSPS) is 15.7. The van der Waals surface area contributed by atoms with Gasteiger partial charge in [-0.15, -0.1) is 0 Å². The molecule has 0 aliphatic rings. The highest BCUT2D eigenvalue weighted by atomic mass is 35.5. The van der Waals surface area contributed by atoms with Crippen molar-refractivity contribution in [1.82, 2.24) is 5.32 Å². The van der Waals surface area contributed by atoms with Gasteiger partial charge >= 0.3 is 12.1 Å². The van der Waals surface area contributed by atoms with Gasteiger partial charge in [0.2, 0.25) is 0 Å².